The lowest BCUT2D eigenvalue weighted by molar-refractivity contribution is -0.133. The zero-order valence-electron chi connectivity index (χ0n) is 6.43. The molecule has 0 amide bonds. The molecule has 0 saturated carbocycles. The van der Waals surface area contributed by atoms with Crippen LogP contribution in [0, 0.1) is 0 Å². The average Bonchev–Trinajstić information content (AvgIpc) is 2.08. The van der Waals surface area contributed by atoms with Gasteiger partial charge < -0.3 is 9.47 Å². The Balaban J connectivity index is 2.49. The second-order valence-electron chi connectivity index (χ2n) is 2.82. The standard InChI is InChI=1S/C7H10Br2O2/c1-7(2)10-4-5(11-7)3-6(8)9/h3,5H,4H2,1-2H3/t5-/m1/s1. The molecule has 1 atom stereocenters. The molecule has 0 aliphatic carbocycles. The average molecular weight is 286 g/mol. The van der Waals surface area contributed by atoms with Crippen molar-refractivity contribution < 1.29 is 9.47 Å². The molecule has 0 aromatic heterocycles. The molecular formula is C7H10Br2O2. The first kappa shape index (κ1) is 9.71. The summed E-state index contributed by atoms with van der Waals surface area (Å²) in [5.41, 5.74) is 0. The highest BCUT2D eigenvalue weighted by Gasteiger charge is 2.31. The van der Waals surface area contributed by atoms with Crippen molar-refractivity contribution in [2.75, 3.05) is 6.61 Å². The van der Waals surface area contributed by atoms with Gasteiger partial charge in [-0.15, -0.1) is 0 Å². The Morgan fingerprint density at radius 2 is 2.18 bits per heavy atom. The Bertz CT molecular complexity index is 173. The molecule has 0 N–H and O–H groups in total. The van der Waals surface area contributed by atoms with Gasteiger partial charge in [-0.3, -0.25) is 0 Å². The second-order valence-corrected chi connectivity index (χ2v) is 5.60. The third kappa shape index (κ3) is 3.23. The van der Waals surface area contributed by atoms with E-state index in [4.69, 9.17) is 9.47 Å². The monoisotopic (exact) mass is 284 g/mol. The number of halogens is 2. The Morgan fingerprint density at radius 1 is 1.55 bits per heavy atom. The quantitative estimate of drug-likeness (QED) is 0.738. The summed E-state index contributed by atoms with van der Waals surface area (Å²) in [4.78, 5) is 0. The Morgan fingerprint density at radius 3 is 2.55 bits per heavy atom. The molecule has 1 aliphatic heterocycles. The van der Waals surface area contributed by atoms with Crippen LogP contribution >= 0.6 is 31.9 Å². The van der Waals surface area contributed by atoms with E-state index in [1.165, 1.54) is 0 Å². The van der Waals surface area contributed by atoms with Crippen molar-refractivity contribution in [3.05, 3.63) is 9.47 Å². The third-order valence-electron chi connectivity index (χ3n) is 1.34. The molecule has 1 heterocycles. The maximum Gasteiger partial charge on any atom is 0.163 e. The van der Waals surface area contributed by atoms with E-state index in [1.54, 1.807) is 0 Å². The minimum atomic E-state index is -0.434. The van der Waals surface area contributed by atoms with E-state index in [2.05, 4.69) is 31.9 Å². The molecule has 0 unspecified atom stereocenters. The van der Waals surface area contributed by atoms with Crippen molar-refractivity contribution in [3.63, 3.8) is 0 Å². The van der Waals surface area contributed by atoms with Gasteiger partial charge in [-0.1, -0.05) is 0 Å². The maximum absolute atomic E-state index is 5.50. The van der Waals surface area contributed by atoms with Gasteiger partial charge in [0.2, 0.25) is 0 Å². The van der Waals surface area contributed by atoms with Gasteiger partial charge in [-0.05, 0) is 51.8 Å². The lowest BCUT2D eigenvalue weighted by Crippen LogP contribution is -2.20. The van der Waals surface area contributed by atoms with E-state index in [-0.39, 0.29) is 6.10 Å². The van der Waals surface area contributed by atoms with E-state index in [0.717, 1.165) is 3.39 Å². The minimum absolute atomic E-state index is 0.0544. The van der Waals surface area contributed by atoms with E-state index >= 15 is 0 Å². The lowest BCUT2D eigenvalue weighted by atomic mass is 10.4. The first-order valence-electron chi connectivity index (χ1n) is 3.34. The predicted octanol–water partition coefficient (Wildman–Crippen LogP) is 2.77. The molecule has 64 valence electrons. The largest absolute Gasteiger partial charge is 0.347 e. The smallest absolute Gasteiger partial charge is 0.163 e. The van der Waals surface area contributed by atoms with E-state index in [0.29, 0.717) is 6.61 Å². The molecule has 0 spiro atoms. The van der Waals surface area contributed by atoms with Crippen LogP contribution in [-0.2, 0) is 9.47 Å². The predicted molar refractivity (Wildman–Crippen MR) is 50.8 cm³/mol. The van der Waals surface area contributed by atoms with Crippen molar-refractivity contribution >= 4 is 31.9 Å². The Hall–Kier alpha value is 0.620. The van der Waals surface area contributed by atoms with Crippen LogP contribution in [0.5, 0.6) is 0 Å². The fraction of sp³-hybridized carbons (Fsp3) is 0.714. The zero-order chi connectivity index (χ0) is 8.48. The molecule has 0 aromatic rings. The second kappa shape index (κ2) is 3.56. The van der Waals surface area contributed by atoms with Gasteiger partial charge in [0.25, 0.3) is 0 Å². The van der Waals surface area contributed by atoms with Gasteiger partial charge in [0, 0.05) is 0 Å². The van der Waals surface area contributed by atoms with Crippen molar-refractivity contribution in [1.29, 1.82) is 0 Å². The Kier molecular flexibility index (Phi) is 3.14. The summed E-state index contributed by atoms with van der Waals surface area (Å²) in [5, 5.41) is 0. The first-order chi connectivity index (χ1) is 4.99. The normalized spacial score (nSPS) is 28.5. The van der Waals surface area contributed by atoms with Gasteiger partial charge in [-0.25, -0.2) is 0 Å². The number of ether oxygens (including phenoxy) is 2. The maximum atomic E-state index is 5.50. The number of rotatable bonds is 1. The van der Waals surface area contributed by atoms with E-state index in [1.807, 2.05) is 19.9 Å². The van der Waals surface area contributed by atoms with Crippen LogP contribution in [0.4, 0.5) is 0 Å². The summed E-state index contributed by atoms with van der Waals surface area (Å²) in [6.45, 7) is 4.43. The molecule has 1 aliphatic rings. The highest BCUT2D eigenvalue weighted by Crippen LogP contribution is 2.25. The molecule has 1 saturated heterocycles. The minimum Gasteiger partial charge on any atom is -0.347 e. The summed E-state index contributed by atoms with van der Waals surface area (Å²) in [6, 6.07) is 0. The van der Waals surface area contributed by atoms with E-state index in [9.17, 15) is 0 Å². The molecule has 1 fully saturated rings. The number of hydrogen-bond acceptors (Lipinski definition) is 2. The van der Waals surface area contributed by atoms with Crippen LogP contribution < -0.4 is 0 Å². The van der Waals surface area contributed by atoms with Crippen LogP contribution in [0.15, 0.2) is 9.47 Å². The van der Waals surface area contributed by atoms with Gasteiger partial charge >= 0.3 is 0 Å². The van der Waals surface area contributed by atoms with Crippen molar-refractivity contribution in [2.45, 2.75) is 25.7 Å². The fourth-order valence-electron chi connectivity index (χ4n) is 0.938. The van der Waals surface area contributed by atoms with Crippen LogP contribution in [0.3, 0.4) is 0 Å². The molecule has 1 rings (SSSR count). The van der Waals surface area contributed by atoms with Gasteiger partial charge in [0.1, 0.15) is 6.10 Å². The van der Waals surface area contributed by atoms with E-state index < -0.39 is 5.79 Å². The lowest BCUT2D eigenvalue weighted by Gasteiger charge is -2.15. The summed E-state index contributed by atoms with van der Waals surface area (Å²) in [5.74, 6) is -0.434. The zero-order valence-corrected chi connectivity index (χ0v) is 9.61. The Labute approximate surface area is 83.2 Å². The van der Waals surface area contributed by atoms with Crippen LogP contribution in [0.1, 0.15) is 13.8 Å². The molecule has 2 nitrogen and oxygen atoms in total. The first-order valence-corrected chi connectivity index (χ1v) is 4.93. The van der Waals surface area contributed by atoms with Gasteiger partial charge in [0.05, 0.1) is 10.00 Å². The third-order valence-corrected chi connectivity index (χ3v) is 1.87. The number of hydrogen-bond donors (Lipinski definition) is 0. The molecule has 4 heteroatoms. The summed E-state index contributed by atoms with van der Waals surface area (Å²) < 4.78 is 11.7. The van der Waals surface area contributed by atoms with Crippen molar-refractivity contribution in [2.24, 2.45) is 0 Å². The molecule has 0 radical (unpaired) electrons. The highest BCUT2D eigenvalue weighted by molar-refractivity contribution is 9.28. The van der Waals surface area contributed by atoms with Crippen LogP contribution in [0.25, 0.3) is 0 Å². The van der Waals surface area contributed by atoms with Crippen LogP contribution in [-0.4, -0.2) is 18.5 Å². The SMILES string of the molecule is CC1(C)OC[C@@H](C=C(Br)Br)O1. The van der Waals surface area contributed by atoms with Crippen molar-refractivity contribution in [1.82, 2.24) is 0 Å². The fourth-order valence-corrected chi connectivity index (χ4v) is 1.53. The van der Waals surface area contributed by atoms with Gasteiger partial charge in [0.15, 0.2) is 5.79 Å². The van der Waals surface area contributed by atoms with Crippen LogP contribution in [0.2, 0.25) is 0 Å². The summed E-state index contributed by atoms with van der Waals surface area (Å²) in [7, 11) is 0. The summed E-state index contributed by atoms with van der Waals surface area (Å²) >= 11 is 6.53. The molecule has 0 aromatic carbocycles. The molecule has 0 bridgehead atoms. The van der Waals surface area contributed by atoms with Gasteiger partial charge in [-0.2, -0.15) is 0 Å². The summed E-state index contributed by atoms with van der Waals surface area (Å²) in [6.07, 6.45) is 1.98. The highest BCUT2D eigenvalue weighted by atomic mass is 79.9. The molecule has 11 heavy (non-hydrogen) atoms. The molecular weight excluding hydrogens is 276 g/mol. The topological polar surface area (TPSA) is 18.5 Å². The van der Waals surface area contributed by atoms with Crippen molar-refractivity contribution in [3.8, 4) is 0 Å².